The van der Waals surface area contributed by atoms with Gasteiger partial charge in [-0.05, 0) is 44.2 Å². The number of hydrogen-bond donors (Lipinski definition) is 0. The summed E-state index contributed by atoms with van der Waals surface area (Å²) in [6, 6.07) is 4.57. The summed E-state index contributed by atoms with van der Waals surface area (Å²) in [5, 5.41) is 8.71. The van der Waals surface area contributed by atoms with Crippen LogP contribution in [0.3, 0.4) is 0 Å². The van der Waals surface area contributed by atoms with Crippen molar-refractivity contribution >= 4 is 5.69 Å². The van der Waals surface area contributed by atoms with Gasteiger partial charge in [0.05, 0.1) is 11.6 Å². The Balaban J connectivity index is 2.05. The molecular formula is C14H14F2N2. The van der Waals surface area contributed by atoms with Crippen LogP contribution in [0, 0.1) is 23.0 Å². The molecule has 2 nitrogen and oxygen atoms in total. The molecule has 18 heavy (non-hydrogen) atoms. The molecule has 4 heteroatoms. The third-order valence-corrected chi connectivity index (χ3v) is 4.10. The van der Waals surface area contributed by atoms with Gasteiger partial charge in [-0.3, -0.25) is 0 Å². The number of nitriles is 1. The fraction of sp³-hybridized carbons (Fsp3) is 0.500. The largest absolute Gasteiger partial charge is 0.361 e. The Morgan fingerprint density at radius 1 is 1.06 bits per heavy atom. The van der Waals surface area contributed by atoms with Crippen molar-refractivity contribution in [2.75, 3.05) is 4.90 Å². The molecule has 2 bridgehead atoms. The first-order chi connectivity index (χ1) is 8.70. The number of halogens is 2. The first kappa shape index (κ1) is 11.5. The van der Waals surface area contributed by atoms with E-state index in [4.69, 9.17) is 5.26 Å². The molecule has 0 aromatic heterocycles. The number of nitrogens with zero attached hydrogens (tertiary/aromatic N) is 2. The normalized spacial score (nSPS) is 26.2. The Bertz CT molecular complexity index is 482. The van der Waals surface area contributed by atoms with E-state index in [1.165, 1.54) is 0 Å². The van der Waals surface area contributed by atoms with E-state index in [0.717, 1.165) is 44.2 Å². The first-order valence-electron chi connectivity index (χ1n) is 6.38. The van der Waals surface area contributed by atoms with Crippen LogP contribution in [0.5, 0.6) is 0 Å². The number of benzene rings is 1. The minimum Gasteiger partial charge on any atom is -0.361 e. The van der Waals surface area contributed by atoms with E-state index < -0.39 is 11.6 Å². The van der Waals surface area contributed by atoms with Gasteiger partial charge < -0.3 is 4.90 Å². The highest BCUT2D eigenvalue weighted by molar-refractivity contribution is 5.55. The lowest BCUT2D eigenvalue weighted by Crippen LogP contribution is -2.40. The second-order valence-electron chi connectivity index (χ2n) is 5.12. The van der Waals surface area contributed by atoms with Gasteiger partial charge in [-0.1, -0.05) is 0 Å². The third kappa shape index (κ3) is 1.66. The van der Waals surface area contributed by atoms with E-state index >= 15 is 0 Å². The lowest BCUT2D eigenvalue weighted by atomic mass is 10.0. The summed E-state index contributed by atoms with van der Waals surface area (Å²) < 4.78 is 28.0. The van der Waals surface area contributed by atoms with Crippen LogP contribution in [-0.2, 0) is 0 Å². The maximum absolute atomic E-state index is 14.0. The lowest BCUT2D eigenvalue weighted by molar-refractivity contribution is 0.449. The molecule has 0 radical (unpaired) electrons. The maximum atomic E-state index is 14.0. The van der Waals surface area contributed by atoms with Gasteiger partial charge in [0.25, 0.3) is 0 Å². The molecule has 0 N–H and O–H groups in total. The van der Waals surface area contributed by atoms with Gasteiger partial charge in [-0.2, -0.15) is 5.26 Å². The maximum Gasteiger partial charge on any atom is 0.150 e. The molecule has 2 saturated heterocycles. The first-order valence-corrected chi connectivity index (χ1v) is 6.38. The van der Waals surface area contributed by atoms with Gasteiger partial charge in [-0.25, -0.2) is 8.78 Å². The van der Waals surface area contributed by atoms with Crippen LogP contribution < -0.4 is 4.90 Å². The van der Waals surface area contributed by atoms with E-state index in [1.807, 2.05) is 4.90 Å². The summed E-state index contributed by atoms with van der Waals surface area (Å²) >= 11 is 0. The minimum absolute atomic E-state index is 0.0399. The second-order valence-corrected chi connectivity index (χ2v) is 5.12. The summed E-state index contributed by atoms with van der Waals surface area (Å²) in [5.41, 5.74) is 0.110. The van der Waals surface area contributed by atoms with Gasteiger partial charge >= 0.3 is 0 Å². The fourth-order valence-corrected chi connectivity index (χ4v) is 3.36. The molecule has 2 aliphatic heterocycles. The van der Waals surface area contributed by atoms with Crippen molar-refractivity contribution in [3.63, 3.8) is 0 Å². The molecule has 0 aliphatic carbocycles. The van der Waals surface area contributed by atoms with Gasteiger partial charge in [0.2, 0.25) is 0 Å². The van der Waals surface area contributed by atoms with Crippen LogP contribution in [0.1, 0.15) is 37.7 Å². The summed E-state index contributed by atoms with van der Waals surface area (Å²) in [4.78, 5) is 1.91. The Morgan fingerprint density at radius 2 is 1.61 bits per heavy atom. The molecule has 2 atom stereocenters. The van der Waals surface area contributed by atoms with Gasteiger partial charge in [0.15, 0.2) is 11.6 Å². The fourth-order valence-electron chi connectivity index (χ4n) is 3.36. The number of hydrogen-bond acceptors (Lipinski definition) is 2. The summed E-state index contributed by atoms with van der Waals surface area (Å²) in [5.74, 6) is -1.21. The standard InChI is InChI=1S/C14H14F2N2/c15-12-6-9(8-17)7-13(16)14(12)18-10-2-1-3-11(18)5-4-10/h6-7,10-11H,1-5H2. The Labute approximate surface area is 105 Å². The molecule has 1 aromatic carbocycles. The highest BCUT2D eigenvalue weighted by Crippen LogP contribution is 2.41. The number of piperidine rings is 1. The Kier molecular flexibility index (Phi) is 2.70. The minimum atomic E-state index is -0.606. The van der Waals surface area contributed by atoms with Crippen LogP contribution in [0.15, 0.2) is 12.1 Å². The van der Waals surface area contributed by atoms with Crippen molar-refractivity contribution < 1.29 is 8.78 Å². The van der Waals surface area contributed by atoms with Crippen molar-refractivity contribution in [2.45, 2.75) is 44.2 Å². The third-order valence-electron chi connectivity index (χ3n) is 4.10. The van der Waals surface area contributed by atoms with Crippen molar-refractivity contribution in [1.82, 2.24) is 0 Å². The number of anilines is 1. The van der Waals surface area contributed by atoms with Gasteiger partial charge in [0.1, 0.15) is 5.69 Å². The monoisotopic (exact) mass is 248 g/mol. The molecule has 94 valence electrons. The quantitative estimate of drug-likeness (QED) is 0.762. The molecular weight excluding hydrogens is 234 g/mol. The van der Waals surface area contributed by atoms with E-state index in [-0.39, 0.29) is 23.3 Å². The highest BCUT2D eigenvalue weighted by Gasteiger charge is 2.39. The van der Waals surface area contributed by atoms with E-state index in [0.29, 0.717) is 0 Å². The van der Waals surface area contributed by atoms with Crippen molar-refractivity contribution in [1.29, 1.82) is 5.26 Å². The average Bonchev–Trinajstić information content (AvgIpc) is 2.60. The molecule has 2 fully saturated rings. The molecule has 2 unspecified atom stereocenters. The molecule has 0 spiro atoms. The van der Waals surface area contributed by atoms with Gasteiger partial charge in [-0.15, -0.1) is 0 Å². The second kappa shape index (κ2) is 4.24. The van der Waals surface area contributed by atoms with Crippen LogP contribution in [0.2, 0.25) is 0 Å². The highest BCUT2D eigenvalue weighted by atomic mass is 19.1. The topological polar surface area (TPSA) is 27.0 Å². The van der Waals surface area contributed by atoms with E-state index in [1.54, 1.807) is 6.07 Å². The number of fused-ring (bicyclic) bond motifs is 2. The summed E-state index contributed by atoms with van der Waals surface area (Å²) in [6.07, 6.45) is 5.20. The predicted molar refractivity (Wildman–Crippen MR) is 64.2 cm³/mol. The predicted octanol–water partition coefficient (Wildman–Crippen LogP) is 3.36. The van der Waals surface area contributed by atoms with E-state index in [9.17, 15) is 8.78 Å². The zero-order valence-electron chi connectivity index (χ0n) is 10.00. The van der Waals surface area contributed by atoms with Crippen LogP contribution in [0.4, 0.5) is 14.5 Å². The molecule has 1 aromatic rings. The van der Waals surface area contributed by atoms with E-state index in [2.05, 4.69) is 0 Å². The summed E-state index contributed by atoms with van der Waals surface area (Å²) in [7, 11) is 0. The van der Waals surface area contributed by atoms with Crippen LogP contribution >= 0.6 is 0 Å². The van der Waals surface area contributed by atoms with Crippen LogP contribution in [0.25, 0.3) is 0 Å². The van der Waals surface area contributed by atoms with Crippen molar-refractivity contribution in [2.24, 2.45) is 0 Å². The van der Waals surface area contributed by atoms with Gasteiger partial charge in [0, 0.05) is 12.1 Å². The zero-order chi connectivity index (χ0) is 12.7. The summed E-state index contributed by atoms with van der Waals surface area (Å²) in [6.45, 7) is 0. The zero-order valence-corrected chi connectivity index (χ0v) is 10.00. The molecule has 2 aliphatic rings. The molecule has 2 heterocycles. The molecule has 0 amide bonds. The smallest absolute Gasteiger partial charge is 0.150 e. The molecule has 3 rings (SSSR count). The van der Waals surface area contributed by atoms with Crippen molar-refractivity contribution in [3.8, 4) is 6.07 Å². The Morgan fingerprint density at radius 3 is 2.11 bits per heavy atom. The lowest BCUT2D eigenvalue weighted by Gasteiger charge is -2.37. The average molecular weight is 248 g/mol. The van der Waals surface area contributed by atoms with Crippen LogP contribution in [-0.4, -0.2) is 12.1 Å². The SMILES string of the molecule is N#Cc1cc(F)c(N2C3CCCC2CC3)c(F)c1. The molecule has 0 saturated carbocycles. The van der Waals surface area contributed by atoms with Crippen molar-refractivity contribution in [3.05, 3.63) is 29.3 Å². The number of rotatable bonds is 1. The Hall–Kier alpha value is -1.63.